The standard InChI is InChI=1S/C15H19NO3/c1-5-8-16(10-12(3)15(17)18)13-9-11(2)6-7-14(13)19-4/h1,6-7,9,12H,8,10H2,2-4H3,(H,17,18). The van der Waals surface area contributed by atoms with Gasteiger partial charge in [0, 0.05) is 6.54 Å². The van der Waals surface area contributed by atoms with Gasteiger partial charge in [-0.15, -0.1) is 6.42 Å². The highest BCUT2D eigenvalue weighted by molar-refractivity contribution is 5.71. The van der Waals surface area contributed by atoms with Crippen LogP contribution < -0.4 is 9.64 Å². The van der Waals surface area contributed by atoms with Crippen LogP contribution in [0.5, 0.6) is 5.75 Å². The Balaban J connectivity index is 3.08. The molecule has 0 fully saturated rings. The molecule has 0 saturated heterocycles. The molecule has 0 aliphatic carbocycles. The zero-order chi connectivity index (χ0) is 14.4. The first-order valence-corrected chi connectivity index (χ1v) is 6.05. The molecule has 4 heteroatoms. The van der Waals surface area contributed by atoms with Crippen LogP contribution in [0, 0.1) is 25.2 Å². The van der Waals surface area contributed by atoms with Gasteiger partial charge in [0.2, 0.25) is 0 Å². The number of methoxy groups -OCH3 is 1. The molecule has 19 heavy (non-hydrogen) atoms. The van der Waals surface area contributed by atoms with Crippen molar-refractivity contribution in [3.05, 3.63) is 23.8 Å². The van der Waals surface area contributed by atoms with Crippen LogP contribution in [0.4, 0.5) is 5.69 Å². The lowest BCUT2D eigenvalue weighted by atomic mass is 10.1. The third-order valence-corrected chi connectivity index (χ3v) is 2.87. The molecule has 1 rings (SSSR count). The highest BCUT2D eigenvalue weighted by Gasteiger charge is 2.18. The zero-order valence-electron chi connectivity index (χ0n) is 11.5. The fourth-order valence-corrected chi connectivity index (χ4v) is 1.81. The molecule has 102 valence electrons. The Labute approximate surface area is 114 Å². The molecule has 0 heterocycles. The predicted octanol–water partition coefficient (Wildman–Crippen LogP) is 2.16. The van der Waals surface area contributed by atoms with Crippen molar-refractivity contribution in [1.29, 1.82) is 0 Å². The lowest BCUT2D eigenvalue weighted by Gasteiger charge is -2.26. The summed E-state index contributed by atoms with van der Waals surface area (Å²) >= 11 is 0. The second kappa shape index (κ2) is 6.69. The summed E-state index contributed by atoms with van der Waals surface area (Å²) in [7, 11) is 1.59. The van der Waals surface area contributed by atoms with Gasteiger partial charge in [-0.05, 0) is 24.6 Å². The van der Waals surface area contributed by atoms with Gasteiger partial charge in [0.05, 0.1) is 25.3 Å². The van der Waals surface area contributed by atoms with Gasteiger partial charge in [0.15, 0.2) is 0 Å². The summed E-state index contributed by atoms with van der Waals surface area (Å²) in [5.41, 5.74) is 1.90. The Bertz CT molecular complexity index is 491. The number of anilines is 1. The van der Waals surface area contributed by atoms with Gasteiger partial charge < -0.3 is 14.7 Å². The fourth-order valence-electron chi connectivity index (χ4n) is 1.81. The Morgan fingerprint density at radius 3 is 2.79 bits per heavy atom. The van der Waals surface area contributed by atoms with Crippen LogP contribution in [0.3, 0.4) is 0 Å². The summed E-state index contributed by atoms with van der Waals surface area (Å²) in [5, 5.41) is 9.02. The molecular formula is C15H19NO3. The molecule has 0 bridgehead atoms. The van der Waals surface area contributed by atoms with Crippen LogP contribution in [0.15, 0.2) is 18.2 Å². The maximum absolute atomic E-state index is 11.0. The quantitative estimate of drug-likeness (QED) is 0.797. The van der Waals surface area contributed by atoms with Crippen molar-refractivity contribution in [3.63, 3.8) is 0 Å². The number of carboxylic acids is 1. The number of carbonyl (C=O) groups is 1. The molecule has 0 radical (unpaired) electrons. The van der Waals surface area contributed by atoms with E-state index in [1.54, 1.807) is 14.0 Å². The molecule has 0 saturated carbocycles. The van der Waals surface area contributed by atoms with Gasteiger partial charge in [0.1, 0.15) is 5.75 Å². The van der Waals surface area contributed by atoms with Crippen LogP contribution in [0.1, 0.15) is 12.5 Å². The smallest absolute Gasteiger partial charge is 0.308 e. The van der Waals surface area contributed by atoms with Crippen LogP contribution in [-0.2, 0) is 4.79 Å². The highest BCUT2D eigenvalue weighted by Crippen LogP contribution is 2.29. The first kappa shape index (κ1) is 14.9. The average Bonchev–Trinajstić information content (AvgIpc) is 2.37. The van der Waals surface area contributed by atoms with Crippen molar-refractivity contribution in [2.45, 2.75) is 13.8 Å². The minimum absolute atomic E-state index is 0.345. The third kappa shape index (κ3) is 3.92. The topological polar surface area (TPSA) is 49.8 Å². The normalized spacial score (nSPS) is 11.5. The molecule has 0 aliphatic heterocycles. The molecule has 4 nitrogen and oxygen atoms in total. The lowest BCUT2D eigenvalue weighted by Crippen LogP contribution is -2.32. The Hall–Kier alpha value is -2.15. The summed E-state index contributed by atoms with van der Waals surface area (Å²) < 4.78 is 5.31. The maximum atomic E-state index is 11.0. The molecule has 1 aromatic rings. The molecule has 0 amide bonds. The summed E-state index contributed by atoms with van der Waals surface area (Å²) in [6.07, 6.45) is 5.37. The zero-order valence-corrected chi connectivity index (χ0v) is 11.5. The largest absolute Gasteiger partial charge is 0.495 e. The summed E-state index contributed by atoms with van der Waals surface area (Å²) in [4.78, 5) is 12.8. The van der Waals surface area contributed by atoms with Crippen molar-refractivity contribution < 1.29 is 14.6 Å². The molecule has 0 spiro atoms. The van der Waals surface area contributed by atoms with Crippen LogP contribution in [0.25, 0.3) is 0 Å². The van der Waals surface area contributed by atoms with Crippen LogP contribution in [-0.4, -0.2) is 31.3 Å². The van der Waals surface area contributed by atoms with E-state index in [0.29, 0.717) is 18.8 Å². The molecular weight excluding hydrogens is 242 g/mol. The van der Waals surface area contributed by atoms with E-state index in [2.05, 4.69) is 5.92 Å². The number of carboxylic acid groups (broad SMARTS) is 1. The first-order valence-electron chi connectivity index (χ1n) is 6.05. The fraction of sp³-hybridized carbons (Fsp3) is 0.400. The number of aryl methyl sites for hydroxylation is 1. The van der Waals surface area contributed by atoms with Gasteiger partial charge in [-0.3, -0.25) is 4.79 Å². The Kier molecular flexibility index (Phi) is 5.25. The van der Waals surface area contributed by atoms with E-state index < -0.39 is 11.9 Å². The second-order valence-corrected chi connectivity index (χ2v) is 4.50. The first-order chi connectivity index (χ1) is 8.99. The van der Waals surface area contributed by atoms with Gasteiger partial charge in [-0.1, -0.05) is 18.9 Å². The van der Waals surface area contributed by atoms with E-state index in [9.17, 15) is 4.79 Å². The average molecular weight is 261 g/mol. The number of rotatable bonds is 6. The number of terminal acetylenes is 1. The number of nitrogens with zero attached hydrogens (tertiary/aromatic N) is 1. The molecule has 1 atom stereocenters. The lowest BCUT2D eigenvalue weighted by molar-refractivity contribution is -0.140. The van der Waals surface area contributed by atoms with Crippen molar-refractivity contribution >= 4 is 11.7 Å². The van der Waals surface area contributed by atoms with Crippen molar-refractivity contribution in [2.24, 2.45) is 5.92 Å². The number of hydrogen-bond acceptors (Lipinski definition) is 3. The van der Waals surface area contributed by atoms with Crippen LogP contribution in [0.2, 0.25) is 0 Å². The van der Waals surface area contributed by atoms with Gasteiger partial charge in [-0.2, -0.15) is 0 Å². The molecule has 1 unspecified atom stereocenters. The predicted molar refractivity (Wildman–Crippen MR) is 75.6 cm³/mol. The minimum atomic E-state index is -0.839. The monoisotopic (exact) mass is 261 g/mol. The molecule has 1 aromatic carbocycles. The van der Waals surface area contributed by atoms with E-state index >= 15 is 0 Å². The van der Waals surface area contributed by atoms with E-state index in [-0.39, 0.29) is 0 Å². The Morgan fingerprint density at radius 2 is 2.26 bits per heavy atom. The van der Waals surface area contributed by atoms with Gasteiger partial charge in [-0.25, -0.2) is 0 Å². The maximum Gasteiger partial charge on any atom is 0.308 e. The molecule has 1 N–H and O–H groups in total. The second-order valence-electron chi connectivity index (χ2n) is 4.50. The summed E-state index contributed by atoms with van der Waals surface area (Å²) in [5.74, 6) is 1.91. The summed E-state index contributed by atoms with van der Waals surface area (Å²) in [6, 6.07) is 5.75. The van der Waals surface area contributed by atoms with Crippen LogP contribution >= 0.6 is 0 Å². The highest BCUT2D eigenvalue weighted by atomic mass is 16.5. The molecule has 0 aromatic heterocycles. The number of benzene rings is 1. The number of ether oxygens (including phenoxy) is 1. The SMILES string of the molecule is C#CCN(CC(C)C(=O)O)c1cc(C)ccc1OC. The van der Waals surface area contributed by atoms with E-state index in [1.807, 2.05) is 30.0 Å². The van der Waals surface area contributed by atoms with E-state index in [1.165, 1.54) is 0 Å². The third-order valence-electron chi connectivity index (χ3n) is 2.87. The number of hydrogen-bond donors (Lipinski definition) is 1. The van der Waals surface area contributed by atoms with Gasteiger partial charge >= 0.3 is 5.97 Å². The minimum Gasteiger partial charge on any atom is -0.495 e. The summed E-state index contributed by atoms with van der Waals surface area (Å²) in [6.45, 7) is 4.32. The Morgan fingerprint density at radius 1 is 1.58 bits per heavy atom. The van der Waals surface area contributed by atoms with Crippen molar-refractivity contribution in [1.82, 2.24) is 0 Å². The van der Waals surface area contributed by atoms with Crippen molar-refractivity contribution in [3.8, 4) is 18.1 Å². The number of aliphatic carboxylic acids is 1. The van der Waals surface area contributed by atoms with Crippen molar-refractivity contribution in [2.75, 3.05) is 25.1 Å². The van der Waals surface area contributed by atoms with E-state index in [0.717, 1.165) is 11.3 Å². The van der Waals surface area contributed by atoms with Gasteiger partial charge in [0.25, 0.3) is 0 Å². The molecule has 0 aliphatic rings. The van der Waals surface area contributed by atoms with E-state index in [4.69, 9.17) is 16.3 Å².